The first-order valence-corrected chi connectivity index (χ1v) is 29.5. The molecule has 8 aromatic carbocycles. The molecule has 0 atom stereocenters. The maximum atomic E-state index is 10.8. The van der Waals surface area contributed by atoms with Gasteiger partial charge in [-0.05, 0) is 168 Å². The number of nitrogen functional groups attached to an aromatic ring is 2. The molecule has 0 unspecified atom stereocenters. The van der Waals surface area contributed by atoms with Crippen LogP contribution in [0.3, 0.4) is 0 Å². The molecule has 0 radical (unpaired) electrons. The fourth-order valence-electron chi connectivity index (χ4n) is 11.0. The average molecular weight is 1290 g/mol. The second-order valence-corrected chi connectivity index (χ2v) is 22.9. The number of rotatable bonds is 9. The lowest BCUT2D eigenvalue weighted by molar-refractivity contribution is -0.379. The molecule has 16 aromatic rings. The fraction of sp³-hybridized carbons (Fsp3) is 0.0429. The molecule has 8 heterocycles. The zero-order valence-corrected chi connectivity index (χ0v) is 50.1. The predicted octanol–water partition coefficient (Wildman–Crippen LogP) is 14.2. The summed E-state index contributed by atoms with van der Waals surface area (Å²) in [6.45, 7) is 2.39. The van der Waals surface area contributed by atoms with Crippen LogP contribution in [0.1, 0.15) is 16.7 Å². The molecule has 88 heavy (non-hydrogen) atoms. The van der Waals surface area contributed by atoms with Gasteiger partial charge in [-0.25, -0.2) is 0 Å². The minimum absolute atomic E-state index is 0. The van der Waals surface area contributed by atoms with E-state index in [1.165, 1.54) is 38.5 Å². The standard InChI is InChI=1S/C26H19N3O.C18H12BrN3O.C18H14BrN3.C8H7BO3.H2O/c27-21-7-8-24-18(12-21)9-10-29(24)16-17-5-6-20-14-28-15-23(22(20)11-17)26-13-19-3-1-2-4-25(19)30-26;19-17-10-20-9-14-2-1-12(7-16(14)17)11-22-6-5-13-8-15(21-23)3-4-18(13)22;19-17-10-21-9-14-2-1-12(7-16(14)17)11-22-6-5-13-8-15(20)3-4-18(13)22;10-9(11)8-5-6-3-1-2-4-7(6)12-8;/h1-15H,16,27H2;1-10H,11H2;1-10H,11,20H2;1-5,10-11H;1H2. The van der Waals surface area contributed by atoms with Crippen molar-refractivity contribution >= 4 is 149 Å². The van der Waals surface area contributed by atoms with Crippen molar-refractivity contribution in [2.45, 2.75) is 19.6 Å². The summed E-state index contributed by atoms with van der Waals surface area (Å²) in [5, 5.41) is 31.7. The molecule has 0 bridgehead atoms. The van der Waals surface area contributed by atoms with E-state index in [1.807, 2.05) is 127 Å². The van der Waals surface area contributed by atoms with E-state index >= 15 is 0 Å². The Bertz CT molecular complexity index is 5140. The SMILES string of the molecule is Nc1ccc2c(ccn2Cc2ccc3cncc(-c4cc5ccccc5o4)c3c2)c1.Nc1ccc2c(ccn2Cc2ccc3cncc(Br)c3c2)c1.O=[NH+]c1ccc2c(ccn2Cc2ccc3cncc(Br)c3c2)c1.OB(O)c1cc2ccccc2o1.[OH-]. The van der Waals surface area contributed by atoms with E-state index in [4.69, 9.17) is 30.3 Å². The quantitative estimate of drug-likeness (QED) is 0.0673. The Hall–Kier alpha value is -10.2. The van der Waals surface area contributed by atoms with Gasteiger partial charge in [0.15, 0.2) is 0 Å². The number of pyridine rings is 3. The molecule has 15 nitrogen and oxygen atoms in total. The van der Waals surface area contributed by atoms with Crippen LogP contribution in [-0.4, -0.2) is 51.3 Å². The van der Waals surface area contributed by atoms with E-state index < -0.39 is 7.12 Å². The fourth-order valence-corrected chi connectivity index (χ4v) is 11.9. The van der Waals surface area contributed by atoms with Crippen LogP contribution in [0.4, 0.5) is 17.1 Å². The summed E-state index contributed by atoms with van der Waals surface area (Å²) in [7, 11) is -1.53. The number of nitroso groups, excluding NO2 is 1. The van der Waals surface area contributed by atoms with E-state index in [2.05, 4.69) is 164 Å². The Morgan fingerprint density at radius 1 is 0.443 bits per heavy atom. The van der Waals surface area contributed by atoms with E-state index in [-0.39, 0.29) is 11.1 Å². The van der Waals surface area contributed by atoms with Gasteiger partial charge in [0.2, 0.25) is 0 Å². The number of hydrogen-bond donors (Lipinski definition) is 5. The summed E-state index contributed by atoms with van der Waals surface area (Å²) in [4.78, 5) is 23.6. The van der Waals surface area contributed by atoms with Crippen molar-refractivity contribution < 1.29 is 29.5 Å². The third-order valence-electron chi connectivity index (χ3n) is 15.3. The number of hydrogen-bond acceptors (Lipinski definition) is 11. The molecule has 0 spiro atoms. The first-order valence-electron chi connectivity index (χ1n) is 27.9. The number of benzene rings is 8. The molecule has 432 valence electrons. The topological polar surface area (TPSA) is 233 Å². The highest BCUT2D eigenvalue weighted by Gasteiger charge is 2.17. The lowest BCUT2D eigenvalue weighted by Gasteiger charge is -2.09. The van der Waals surface area contributed by atoms with Gasteiger partial charge in [0.25, 0.3) is 5.69 Å². The summed E-state index contributed by atoms with van der Waals surface area (Å²) >= 11 is 7.13. The van der Waals surface area contributed by atoms with Crippen LogP contribution < -0.4 is 22.3 Å². The molecule has 8 N–H and O–H groups in total. The molecule has 0 aliphatic rings. The smallest absolute Gasteiger partial charge is 0.526 e. The van der Waals surface area contributed by atoms with Crippen LogP contribution >= 0.6 is 31.9 Å². The second-order valence-electron chi connectivity index (χ2n) is 21.1. The van der Waals surface area contributed by atoms with Crippen molar-refractivity contribution in [3.8, 4) is 11.3 Å². The molecule has 0 fully saturated rings. The van der Waals surface area contributed by atoms with E-state index in [0.717, 1.165) is 111 Å². The number of halogens is 2. The van der Waals surface area contributed by atoms with Gasteiger partial charge in [-0.3, -0.25) is 15.0 Å². The average Bonchev–Trinajstić information content (AvgIpc) is 3.57. The Labute approximate surface area is 520 Å². The highest BCUT2D eigenvalue weighted by Crippen LogP contribution is 2.34. The van der Waals surface area contributed by atoms with Crippen molar-refractivity contribution in [2.24, 2.45) is 0 Å². The number of nitrogens with one attached hydrogen (secondary N) is 1. The van der Waals surface area contributed by atoms with Crippen molar-refractivity contribution in [1.29, 1.82) is 0 Å². The Balaban J connectivity index is 0.000000118. The summed E-state index contributed by atoms with van der Waals surface area (Å²) < 4.78 is 19.9. The monoisotopic (exact) mass is 1290 g/mol. The van der Waals surface area contributed by atoms with Crippen molar-refractivity contribution in [3.05, 3.63) is 274 Å². The number of para-hydroxylation sites is 2. The molecule has 18 heteroatoms. The van der Waals surface area contributed by atoms with Gasteiger partial charge in [-0.15, -0.1) is 0 Å². The van der Waals surface area contributed by atoms with Crippen LogP contribution in [0, 0.1) is 4.91 Å². The molecule has 0 saturated carbocycles. The number of anilines is 2. The summed E-state index contributed by atoms with van der Waals surface area (Å²) in [5.74, 6) is 0.841. The number of nitrogens with two attached hydrogens (primary N) is 2. The Morgan fingerprint density at radius 3 is 1.38 bits per heavy atom. The van der Waals surface area contributed by atoms with Crippen LogP contribution in [0.25, 0.3) is 98.3 Å². The predicted molar refractivity (Wildman–Crippen MR) is 360 cm³/mol. The number of fused-ring (bicyclic) bond motifs is 8. The minimum Gasteiger partial charge on any atom is -0.870 e. The maximum absolute atomic E-state index is 10.8. The normalized spacial score (nSPS) is 11.1. The molecule has 0 aliphatic carbocycles. The van der Waals surface area contributed by atoms with Gasteiger partial charge < -0.3 is 49.5 Å². The van der Waals surface area contributed by atoms with Crippen molar-refractivity contribution in [2.75, 3.05) is 11.5 Å². The van der Waals surface area contributed by atoms with Gasteiger partial charge >= 0.3 is 7.12 Å². The molecular weight excluding hydrogens is 1230 g/mol. The van der Waals surface area contributed by atoms with Crippen molar-refractivity contribution in [1.82, 2.24) is 28.7 Å². The summed E-state index contributed by atoms with van der Waals surface area (Å²) in [6, 6.07) is 62.4. The first kappa shape index (κ1) is 58.2. The van der Waals surface area contributed by atoms with Gasteiger partial charge in [-0.1, -0.05) is 72.8 Å². The molecule has 0 saturated heterocycles. The van der Waals surface area contributed by atoms with Crippen LogP contribution in [0.5, 0.6) is 0 Å². The highest BCUT2D eigenvalue weighted by atomic mass is 79.9. The molecule has 8 aromatic heterocycles. The number of furan rings is 2. The van der Waals surface area contributed by atoms with Crippen LogP contribution in [0.2, 0.25) is 0 Å². The number of aromatic nitrogens is 6. The summed E-state index contributed by atoms with van der Waals surface area (Å²) in [5.41, 5.74) is 23.9. The lowest BCUT2D eigenvalue weighted by Crippen LogP contribution is -2.55. The van der Waals surface area contributed by atoms with E-state index in [9.17, 15) is 4.91 Å². The van der Waals surface area contributed by atoms with Gasteiger partial charge in [-0.2, -0.15) is 0 Å². The maximum Gasteiger partial charge on any atom is 0.526 e. The van der Waals surface area contributed by atoms with Crippen LogP contribution in [0.15, 0.2) is 262 Å². The largest absolute Gasteiger partial charge is 0.870 e. The zero-order valence-electron chi connectivity index (χ0n) is 47.0. The van der Waals surface area contributed by atoms with Gasteiger partial charge in [0, 0.05) is 183 Å². The van der Waals surface area contributed by atoms with Gasteiger partial charge in [0.05, 0.1) is 0 Å². The Morgan fingerprint density at radius 2 is 0.886 bits per heavy atom. The van der Waals surface area contributed by atoms with E-state index in [0.29, 0.717) is 11.3 Å². The van der Waals surface area contributed by atoms with E-state index in [1.54, 1.807) is 18.2 Å². The minimum atomic E-state index is -1.53. The molecule has 16 rings (SSSR count). The molecular formula is C70H54BBr2N9O6. The third-order valence-corrected chi connectivity index (χ3v) is 16.6. The second kappa shape index (κ2) is 25.4. The Kier molecular flexibility index (Phi) is 16.8. The third kappa shape index (κ3) is 12.4. The van der Waals surface area contributed by atoms with Gasteiger partial charge in [0.1, 0.15) is 22.6 Å². The number of nitrogens with zero attached hydrogens (tertiary/aromatic N) is 6. The zero-order chi connectivity index (χ0) is 59.5. The summed E-state index contributed by atoms with van der Waals surface area (Å²) in [6.07, 6.45) is 17.5. The highest BCUT2D eigenvalue weighted by molar-refractivity contribution is 9.11. The first-order chi connectivity index (χ1) is 42.5. The molecule has 0 aliphatic heterocycles. The van der Waals surface area contributed by atoms with Crippen molar-refractivity contribution in [3.63, 3.8) is 0 Å². The van der Waals surface area contributed by atoms with Crippen LogP contribution in [-0.2, 0) is 19.6 Å². The lowest BCUT2D eigenvalue weighted by atomic mass is 9.88. The molecule has 0 amide bonds.